The predicted molar refractivity (Wildman–Crippen MR) is 245 cm³/mol. The molecule has 3 heterocycles. The van der Waals surface area contributed by atoms with Crippen LogP contribution in [0.4, 0.5) is 14.7 Å². The van der Waals surface area contributed by atoms with Crippen molar-refractivity contribution < 1.29 is 23.2 Å². The van der Waals surface area contributed by atoms with Gasteiger partial charge in [0.15, 0.2) is 5.82 Å². The van der Waals surface area contributed by atoms with Gasteiger partial charge in [0, 0.05) is 42.9 Å². The molecule has 2 amide bonds. The Morgan fingerprint density at radius 3 is 2.10 bits per heavy atom. The molecule has 1 aliphatic heterocycles. The molecular weight excluding hydrogens is 791 g/mol. The van der Waals surface area contributed by atoms with Gasteiger partial charge in [0.2, 0.25) is 18.3 Å². The van der Waals surface area contributed by atoms with Crippen LogP contribution in [0.2, 0.25) is 0 Å². The van der Waals surface area contributed by atoms with E-state index < -0.39 is 5.82 Å². The molecule has 4 aromatic rings. The molecule has 3 fully saturated rings. The van der Waals surface area contributed by atoms with Crippen molar-refractivity contribution in [2.45, 2.75) is 128 Å². The molecule has 2 aromatic carbocycles. The molecular formula is C48H68F2N8O4. The zero-order chi connectivity index (χ0) is 45.0. The molecule has 1 unspecified atom stereocenters. The van der Waals surface area contributed by atoms with Gasteiger partial charge in [-0.25, -0.2) is 18.7 Å². The molecule has 2 saturated carbocycles. The first-order valence-electron chi connectivity index (χ1n) is 22.3. The molecule has 2 aromatic heterocycles. The summed E-state index contributed by atoms with van der Waals surface area (Å²) in [6.07, 6.45) is 19.6. The van der Waals surface area contributed by atoms with E-state index in [1.54, 1.807) is 62.8 Å². The average Bonchev–Trinajstić information content (AvgIpc) is 3.32. The van der Waals surface area contributed by atoms with Gasteiger partial charge in [-0.3, -0.25) is 14.4 Å². The summed E-state index contributed by atoms with van der Waals surface area (Å²) in [5.41, 5.74) is 2.81. The number of amides is 2. The number of rotatable bonds is 12. The summed E-state index contributed by atoms with van der Waals surface area (Å²) in [5, 5.41) is 14.7. The number of H-pyrrole nitrogens is 1. The first-order valence-corrected chi connectivity index (χ1v) is 22.3. The highest BCUT2D eigenvalue weighted by Gasteiger charge is 2.19. The van der Waals surface area contributed by atoms with Gasteiger partial charge in [0.1, 0.15) is 17.8 Å². The van der Waals surface area contributed by atoms with Crippen LogP contribution in [0.5, 0.6) is 0 Å². The van der Waals surface area contributed by atoms with Gasteiger partial charge in [-0.2, -0.15) is 0 Å². The number of aldehydes is 1. The van der Waals surface area contributed by atoms with E-state index in [1.807, 2.05) is 32.0 Å². The largest absolute Gasteiger partial charge is 0.359 e. The molecule has 62 heavy (non-hydrogen) atoms. The number of hydrogen-bond donors (Lipinski definition) is 6. The molecule has 3 aliphatic rings. The fraction of sp³-hybridized carbons (Fsp3) is 0.500. The Morgan fingerprint density at radius 2 is 1.48 bits per heavy atom. The second-order valence-electron chi connectivity index (χ2n) is 15.3. The van der Waals surface area contributed by atoms with E-state index in [2.05, 4.69) is 41.5 Å². The maximum Gasteiger partial charge on any atom is 0.255 e. The standard InChI is InChI=1S/C21H21FN4O.C11H14FN.C7H14N2O2.C7H13NO.C2H6/c22-18-13-24-21(25-16-8-2-1-3-9-16)26-19(18)15-7-4-6-14(12-15)17-10-5-11-23-20(17)27;12-11-4-2-1-3-10(11)9-5-7-13-8-6-9;1-8-6(5-10)3-4-7(11)9-2;9-6-8-7-4-2-1-3-5-7;1-2/h4-7,10-13,16H,1-3,8-9H2,(H,23,27)(H,24,25,26);1-4,9,13H,5-8H2;5-6,8H,3-4H2,1-2H3,(H,9,11);6-7H,1-5H2,(H,8,9);1-2H3. The number of nitrogens with one attached hydrogen (secondary N) is 6. The quantitative estimate of drug-likeness (QED) is 0.0772. The molecule has 12 nitrogen and oxygen atoms in total. The topological polar surface area (TPSA) is 170 Å². The van der Waals surface area contributed by atoms with E-state index in [4.69, 9.17) is 0 Å². The number of pyridine rings is 1. The molecule has 7 rings (SSSR count). The fourth-order valence-electron chi connectivity index (χ4n) is 7.55. The molecule has 0 spiro atoms. The van der Waals surface area contributed by atoms with Gasteiger partial charge in [-0.1, -0.05) is 88.8 Å². The van der Waals surface area contributed by atoms with Gasteiger partial charge in [-0.05, 0) is 106 Å². The van der Waals surface area contributed by atoms with E-state index in [-0.39, 0.29) is 29.0 Å². The minimum Gasteiger partial charge on any atom is -0.359 e. The molecule has 1 atom stereocenters. The third-order valence-electron chi connectivity index (χ3n) is 11.0. The second kappa shape index (κ2) is 29.8. The summed E-state index contributed by atoms with van der Waals surface area (Å²) in [6, 6.07) is 18.4. The number of nitrogens with zero attached hydrogens (tertiary/aromatic N) is 2. The van der Waals surface area contributed by atoms with Crippen LogP contribution >= 0.6 is 0 Å². The Bertz CT molecular complexity index is 1950. The number of halogens is 2. The number of aromatic amines is 1. The van der Waals surface area contributed by atoms with Crippen LogP contribution in [0.15, 0.2) is 77.9 Å². The number of anilines is 1. The van der Waals surface area contributed by atoms with Crippen molar-refractivity contribution in [3.8, 4) is 22.4 Å². The normalized spacial score (nSPS) is 15.8. The van der Waals surface area contributed by atoms with Crippen LogP contribution in [0.25, 0.3) is 22.4 Å². The first kappa shape index (κ1) is 51.0. The SMILES string of the molecule is CC.CNC(=O)CCC(C=O)NC.Fc1ccccc1C1CCNCC1.O=CNC1CCCCC1.O=c1[nH]cccc1-c1cccc(-c2nc(NC3CCCCC3)ncc2F)c1. The molecule has 338 valence electrons. The van der Waals surface area contributed by atoms with Crippen LogP contribution in [-0.2, 0) is 14.4 Å². The van der Waals surface area contributed by atoms with Gasteiger partial charge in [-0.15, -0.1) is 0 Å². The van der Waals surface area contributed by atoms with E-state index >= 15 is 0 Å². The Kier molecular flexibility index (Phi) is 24.5. The van der Waals surface area contributed by atoms with Crippen LogP contribution in [0, 0.1) is 11.6 Å². The van der Waals surface area contributed by atoms with Crippen LogP contribution in [-0.4, -0.2) is 78.9 Å². The van der Waals surface area contributed by atoms with Crippen molar-refractivity contribution in [1.29, 1.82) is 0 Å². The molecule has 1 saturated heterocycles. The number of carbonyl (C=O) groups is 3. The fourth-order valence-corrected chi connectivity index (χ4v) is 7.55. The van der Waals surface area contributed by atoms with Crippen molar-refractivity contribution >= 4 is 24.6 Å². The molecule has 0 bridgehead atoms. The summed E-state index contributed by atoms with van der Waals surface area (Å²) in [4.78, 5) is 54.1. The zero-order valence-corrected chi connectivity index (χ0v) is 37.0. The van der Waals surface area contributed by atoms with Gasteiger partial charge in [0.05, 0.1) is 12.2 Å². The highest BCUT2D eigenvalue weighted by molar-refractivity contribution is 5.76. The third kappa shape index (κ3) is 17.9. The molecule has 2 aliphatic carbocycles. The number of piperidine rings is 1. The van der Waals surface area contributed by atoms with E-state index in [0.717, 1.165) is 57.0 Å². The second-order valence-corrected chi connectivity index (χ2v) is 15.3. The lowest BCUT2D eigenvalue weighted by Gasteiger charge is -2.23. The number of hydrogen-bond acceptors (Lipinski definition) is 9. The van der Waals surface area contributed by atoms with Gasteiger partial charge in [0.25, 0.3) is 5.56 Å². The maximum absolute atomic E-state index is 14.4. The van der Waals surface area contributed by atoms with E-state index in [9.17, 15) is 28.0 Å². The Hall–Kier alpha value is -5.34. The molecule has 14 heteroatoms. The monoisotopic (exact) mass is 859 g/mol. The summed E-state index contributed by atoms with van der Waals surface area (Å²) < 4.78 is 27.8. The van der Waals surface area contributed by atoms with Crippen molar-refractivity contribution in [3.63, 3.8) is 0 Å². The average molecular weight is 859 g/mol. The van der Waals surface area contributed by atoms with Gasteiger partial charge < -0.3 is 36.4 Å². The number of likely N-dealkylation sites (N-methyl/N-ethyl adjacent to an activating group) is 1. The summed E-state index contributed by atoms with van der Waals surface area (Å²) in [6.45, 7) is 6.03. The Balaban J connectivity index is 0.000000244. The molecule has 0 radical (unpaired) electrons. The third-order valence-corrected chi connectivity index (χ3v) is 11.0. The van der Waals surface area contributed by atoms with Crippen molar-refractivity contribution in [2.75, 3.05) is 32.5 Å². The summed E-state index contributed by atoms with van der Waals surface area (Å²) in [7, 11) is 3.28. The van der Waals surface area contributed by atoms with Crippen LogP contribution in [0.1, 0.15) is 115 Å². The van der Waals surface area contributed by atoms with Crippen molar-refractivity contribution in [3.05, 3.63) is 101 Å². The summed E-state index contributed by atoms with van der Waals surface area (Å²) >= 11 is 0. The van der Waals surface area contributed by atoms with Crippen molar-refractivity contribution in [1.82, 2.24) is 36.2 Å². The van der Waals surface area contributed by atoms with Gasteiger partial charge >= 0.3 is 0 Å². The minimum absolute atomic E-state index is 0.0351. The van der Waals surface area contributed by atoms with Crippen molar-refractivity contribution in [2.24, 2.45) is 0 Å². The lowest BCUT2D eigenvalue weighted by Crippen LogP contribution is -2.29. The lowest BCUT2D eigenvalue weighted by molar-refractivity contribution is -0.121. The Morgan fingerprint density at radius 1 is 0.823 bits per heavy atom. The summed E-state index contributed by atoms with van der Waals surface area (Å²) in [5.74, 6) is 0.300. The predicted octanol–water partition coefficient (Wildman–Crippen LogP) is 8.07. The maximum atomic E-state index is 14.4. The highest BCUT2D eigenvalue weighted by Crippen LogP contribution is 2.28. The minimum atomic E-state index is -0.483. The molecule has 6 N–H and O–H groups in total. The number of carbonyl (C=O) groups excluding carboxylic acids is 3. The van der Waals surface area contributed by atoms with Crippen LogP contribution in [0.3, 0.4) is 0 Å². The smallest absolute Gasteiger partial charge is 0.255 e. The Labute approximate surface area is 366 Å². The lowest BCUT2D eigenvalue weighted by atomic mass is 9.90. The van der Waals surface area contributed by atoms with E-state index in [0.29, 0.717) is 53.5 Å². The van der Waals surface area contributed by atoms with Crippen LogP contribution < -0.4 is 32.1 Å². The first-order chi connectivity index (χ1) is 30.3. The zero-order valence-electron chi connectivity index (χ0n) is 37.0. The highest BCUT2D eigenvalue weighted by atomic mass is 19.1. The number of aromatic nitrogens is 3. The number of benzene rings is 2. The van der Waals surface area contributed by atoms with E-state index in [1.165, 1.54) is 57.6 Å².